The van der Waals surface area contributed by atoms with Crippen LogP contribution in [0.2, 0.25) is 0 Å². The normalized spacial score (nSPS) is 12.7. The highest BCUT2D eigenvalue weighted by atomic mass is 32.2. The van der Waals surface area contributed by atoms with Gasteiger partial charge in [-0.2, -0.15) is 0 Å². The first-order chi connectivity index (χ1) is 7.37. The highest BCUT2D eigenvalue weighted by molar-refractivity contribution is 7.91. The van der Waals surface area contributed by atoms with E-state index in [1.165, 1.54) is 24.3 Å². The van der Waals surface area contributed by atoms with Crippen molar-refractivity contribution in [3.05, 3.63) is 35.9 Å². The lowest BCUT2D eigenvalue weighted by molar-refractivity contribution is 0.0213. The molecule has 0 amide bonds. The van der Waals surface area contributed by atoms with E-state index in [-0.39, 0.29) is 12.1 Å². The summed E-state index contributed by atoms with van der Waals surface area (Å²) in [5, 5.41) is 0. The second kappa shape index (κ2) is 4.88. The van der Waals surface area contributed by atoms with Gasteiger partial charge in [-0.25, -0.2) is 17.2 Å². The first kappa shape index (κ1) is 13.1. The molecule has 1 aromatic carbocycles. The van der Waals surface area contributed by atoms with Crippen LogP contribution in [0.5, 0.6) is 0 Å². The lowest BCUT2D eigenvalue weighted by atomic mass is 10.1. The summed E-state index contributed by atoms with van der Waals surface area (Å²) in [5.74, 6) is -4.98. The molecule has 0 saturated heterocycles. The number of halogens is 2. The second-order valence-electron chi connectivity index (χ2n) is 3.45. The number of benzene rings is 1. The maximum Gasteiger partial charge on any atom is 0.287 e. The van der Waals surface area contributed by atoms with Gasteiger partial charge in [0.25, 0.3) is 5.92 Å². The van der Waals surface area contributed by atoms with Crippen molar-refractivity contribution in [1.82, 2.24) is 0 Å². The van der Waals surface area contributed by atoms with Crippen LogP contribution in [-0.2, 0) is 15.8 Å². The van der Waals surface area contributed by atoms with Gasteiger partial charge in [0.05, 0.1) is 5.75 Å². The van der Waals surface area contributed by atoms with Crippen LogP contribution in [0.4, 0.5) is 8.78 Å². The summed E-state index contributed by atoms with van der Waals surface area (Å²) in [6.07, 6.45) is 0. The van der Waals surface area contributed by atoms with Crippen molar-refractivity contribution in [2.24, 2.45) is 5.73 Å². The minimum atomic E-state index is -3.81. The summed E-state index contributed by atoms with van der Waals surface area (Å²) in [5.41, 5.74) is 4.75. The Morgan fingerprint density at radius 1 is 1.19 bits per heavy atom. The maximum absolute atomic E-state index is 13.6. The molecule has 0 atom stereocenters. The Bertz CT molecular complexity index is 431. The first-order valence-electron chi connectivity index (χ1n) is 4.71. The Hall–Kier alpha value is -1.01. The fraction of sp³-hybridized carbons (Fsp3) is 0.400. The van der Waals surface area contributed by atoms with Crippen molar-refractivity contribution in [3.63, 3.8) is 0 Å². The van der Waals surface area contributed by atoms with Crippen LogP contribution in [0.25, 0.3) is 0 Å². The number of hydrogen-bond acceptors (Lipinski definition) is 3. The molecule has 90 valence electrons. The van der Waals surface area contributed by atoms with E-state index in [1.54, 1.807) is 6.07 Å². The predicted molar refractivity (Wildman–Crippen MR) is 58.0 cm³/mol. The molecule has 0 heterocycles. The van der Waals surface area contributed by atoms with Gasteiger partial charge in [0.2, 0.25) is 0 Å². The van der Waals surface area contributed by atoms with Gasteiger partial charge < -0.3 is 5.73 Å². The number of sulfone groups is 1. The summed E-state index contributed by atoms with van der Waals surface area (Å²) in [6.45, 7) is -0.146. The van der Waals surface area contributed by atoms with Crippen LogP contribution >= 0.6 is 0 Å². The van der Waals surface area contributed by atoms with Crippen LogP contribution in [0, 0.1) is 0 Å². The molecule has 0 saturated carbocycles. The minimum Gasteiger partial charge on any atom is -0.329 e. The monoisotopic (exact) mass is 249 g/mol. The molecule has 3 nitrogen and oxygen atoms in total. The summed E-state index contributed by atoms with van der Waals surface area (Å²) in [6, 6.07) is 6.89. The van der Waals surface area contributed by atoms with Gasteiger partial charge in [0, 0.05) is 12.1 Å². The Labute approximate surface area is 93.2 Å². The molecule has 0 spiro atoms. The number of hydrogen-bond donors (Lipinski definition) is 1. The first-order valence-corrected chi connectivity index (χ1v) is 6.53. The van der Waals surface area contributed by atoms with Gasteiger partial charge in [0.15, 0.2) is 9.84 Å². The van der Waals surface area contributed by atoms with E-state index < -0.39 is 27.3 Å². The standard InChI is InChI=1S/C10H13F2NO2S/c11-10(12,8-16(14,15)7-6-13)9-4-2-1-3-5-9/h1-5H,6-8,13H2. The average molecular weight is 249 g/mol. The second-order valence-corrected chi connectivity index (χ2v) is 5.64. The highest BCUT2D eigenvalue weighted by Gasteiger charge is 2.36. The van der Waals surface area contributed by atoms with Crippen molar-refractivity contribution in [3.8, 4) is 0 Å². The van der Waals surface area contributed by atoms with E-state index >= 15 is 0 Å². The van der Waals surface area contributed by atoms with Crippen molar-refractivity contribution < 1.29 is 17.2 Å². The van der Waals surface area contributed by atoms with Gasteiger partial charge in [0.1, 0.15) is 5.75 Å². The third-order valence-corrected chi connectivity index (χ3v) is 3.69. The lowest BCUT2D eigenvalue weighted by Gasteiger charge is -2.16. The molecule has 0 fully saturated rings. The van der Waals surface area contributed by atoms with Gasteiger partial charge in [-0.05, 0) is 0 Å². The molecule has 0 radical (unpaired) electrons. The molecule has 16 heavy (non-hydrogen) atoms. The molecule has 0 aliphatic rings. The van der Waals surface area contributed by atoms with Gasteiger partial charge >= 0.3 is 0 Å². The van der Waals surface area contributed by atoms with E-state index in [4.69, 9.17) is 5.73 Å². The third kappa shape index (κ3) is 3.53. The molecule has 2 N–H and O–H groups in total. The van der Waals surface area contributed by atoms with E-state index in [0.717, 1.165) is 0 Å². The number of rotatable bonds is 5. The molecule has 1 rings (SSSR count). The summed E-state index contributed by atoms with van der Waals surface area (Å²) < 4.78 is 49.6. The average Bonchev–Trinajstić information content (AvgIpc) is 2.17. The van der Waals surface area contributed by atoms with E-state index in [0.29, 0.717) is 0 Å². The zero-order chi connectivity index (χ0) is 12.2. The predicted octanol–water partition coefficient (Wildman–Crippen LogP) is 1.15. The van der Waals surface area contributed by atoms with Gasteiger partial charge in [-0.1, -0.05) is 30.3 Å². The van der Waals surface area contributed by atoms with E-state index in [1.807, 2.05) is 0 Å². The molecule has 0 unspecified atom stereocenters. The van der Waals surface area contributed by atoms with Crippen LogP contribution < -0.4 is 5.73 Å². The van der Waals surface area contributed by atoms with Crippen LogP contribution in [0.3, 0.4) is 0 Å². The summed E-state index contributed by atoms with van der Waals surface area (Å²) in [7, 11) is -3.81. The molecule has 0 aliphatic heterocycles. The molecule has 1 aromatic rings. The third-order valence-electron chi connectivity index (χ3n) is 2.03. The zero-order valence-electron chi connectivity index (χ0n) is 8.57. The largest absolute Gasteiger partial charge is 0.329 e. The fourth-order valence-electron chi connectivity index (χ4n) is 1.29. The Morgan fingerprint density at radius 3 is 2.25 bits per heavy atom. The number of nitrogens with two attached hydrogens (primary N) is 1. The molecular formula is C10H13F2NO2S. The van der Waals surface area contributed by atoms with E-state index in [2.05, 4.69) is 0 Å². The topological polar surface area (TPSA) is 60.2 Å². The smallest absolute Gasteiger partial charge is 0.287 e. The van der Waals surface area contributed by atoms with Crippen molar-refractivity contribution in [2.75, 3.05) is 18.1 Å². The van der Waals surface area contributed by atoms with Crippen molar-refractivity contribution >= 4 is 9.84 Å². The van der Waals surface area contributed by atoms with Gasteiger partial charge in [-0.3, -0.25) is 0 Å². The lowest BCUT2D eigenvalue weighted by Crippen LogP contribution is -2.29. The van der Waals surface area contributed by atoms with E-state index in [9.17, 15) is 17.2 Å². The van der Waals surface area contributed by atoms with Crippen molar-refractivity contribution in [1.29, 1.82) is 0 Å². The van der Waals surface area contributed by atoms with Gasteiger partial charge in [-0.15, -0.1) is 0 Å². The summed E-state index contributed by atoms with van der Waals surface area (Å²) >= 11 is 0. The Balaban J connectivity index is 2.88. The SMILES string of the molecule is NCCS(=O)(=O)CC(F)(F)c1ccccc1. The number of alkyl halides is 2. The fourth-order valence-corrected chi connectivity index (χ4v) is 2.52. The minimum absolute atomic E-state index is 0.146. The highest BCUT2D eigenvalue weighted by Crippen LogP contribution is 2.29. The Kier molecular flexibility index (Phi) is 3.98. The van der Waals surface area contributed by atoms with Crippen LogP contribution in [0.15, 0.2) is 30.3 Å². The molecule has 6 heteroatoms. The quantitative estimate of drug-likeness (QED) is 0.851. The van der Waals surface area contributed by atoms with Crippen molar-refractivity contribution in [2.45, 2.75) is 5.92 Å². The molecule has 0 bridgehead atoms. The molecule has 0 aromatic heterocycles. The molecular weight excluding hydrogens is 236 g/mol. The summed E-state index contributed by atoms with van der Waals surface area (Å²) in [4.78, 5) is 0. The Morgan fingerprint density at radius 2 is 1.75 bits per heavy atom. The zero-order valence-corrected chi connectivity index (χ0v) is 9.38. The maximum atomic E-state index is 13.6. The van der Waals surface area contributed by atoms with Crippen LogP contribution in [-0.4, -0.2) is 26.5 Å². The van der Waals surface area contributed by atoms with Crippen LogP contribution in [0.1, 0.15) is 5.56 Å². The molecule has 0 aliphatic carbocycles.